The van der Waals surface area contributed by atoms with Crippen LogP contribution in [0.25, 0.3) is 11.3 Å². The topological polar surface area (TPSA) is 106 Å². The molecule has 0 aromatic carbocycles. The average molecular weight is 265 g/mol. The van der Waals surface area contributed by atoms with Gasteiger partial charge in [-0.25, -0.2) is 9.48 Å². The molecule has 0 aliphatic carbocycles. The molecule has 0 aliphatic rings. The third kappa shape index (κ3) is 2.79. The Morgan fingerprint density at radius 3 is 2.63 bits per heavy atom. The maximum Gasteiger partial charge on any atom is 0.358 e. The van der Waals surface area contributed by atoms with Crippen molar-refractivity contribution in [3.63, 3.8) is 0 Å². The third-order valence-corrected chi connectivity index (χ3v) is 2.45. The van der Waals surface area contributed by atoms with E-state index in [9.17, 15) is 9.90 Å². The summed E-state index contributed by atoms with van der Waals surface area (Å²) in [5, 5.41) is 30.4. The predicted octanol–water partition coefficient (Wildman–Crippen LogP) is 0.148. The number of aromatic carboxylic acids is 1. The lowest BCUT2D eigenvalue weighted by Crippen LogP contribution is -2.27. The molecule has 2 aromatic rings. The normalized spacial score (nSPS) is 11.8. The Kier molecular flexibility index (Phi) is 3.11. The van der Waals surface area contributed by atoms with Gasteiger partial charge in [0.1, 0.15) is 5.69 Å². The highest BCUT2D eigenvalue weighted by atomic mass is 16.4. The Morgan fingerprint density at radius 2 is 2.16 bits per heavy atom. The zero-order valence-corrected chi connectivity index (χ0v) is 10.9. The molecule has 2 rings (SSSR count). The van der Waals surface area contributed by atoms with E-state index < -0.39 is 11.6 Å². The largest absolute Gasteiger partial charge is 0.476 e. The first-order valence-electron chi connectivity index (χ1n) is 5.66. The number of carbonyl (C=O) groups is 1. The summed E-state index contributed by atoms with van der Waals surface area (Å²) >= 11 is 0. The first kappa shape index (κ1) is 13.2. The number of hydrogen-bond acceptors (Lipinski definition) is 5. The lowest BCUT2D eigenvalue weighted by atomic mass is 10.1. The van der Waals surface area contributed by atoms with E-state index in [0.717, 1.165) is 0 Å². The van der Waals surface area contributed by atoms with Gasteiger partial charge in [-0.05, 0) is 13.8 Å². The second-order valence-electron chi connectivity index (χ2n) is 4.96. The van der Waals surface area contributed by atoms with Crippen molar-refractivity contribution in [1.82, 2.24) is 24.8 Å². The van der Waals surface area contributed by atoms with E-state index in [-0.39, 0.29) is 12.2 Å². The Bertz CT molecular complexity index is 608. The van der Waals surface area contributed by atoms with Crippen LogP contribution in [0.2, 0.25) is 0 Å². The van der Waals surface area contributed by atoms with E-state index in [4.69, 9.17) is 5.11 Å². The van der Waals surface area contributed by atoms with Crippen LogP contribution in [-0.4, -0.2) is 46.6 Å². The van der Waals surface area contributed by atoms with Crippen LogP contribution in [0.4, 0.5) is 0 Å². The summed E-state index contributed by atoms with van der Waals surface area (Å²) in [7, 11) is 1.73. The monoisotopic (exact) mass is 265 g/mol. The summed E-state index contributed by atoms with van der Waals surface area (Å²) in [5.41, 5.74) is -0.255. The molecule has 2 aromatic heterocycles. The van der Waals surface area contributed by atoms with E-state index in [1.807, 2.05) is 0 Å². The van der Waals surface area contributed by atoms with Crippen molar-refractivity contribution >= 4 is 5.97 Å². The first-order chi connectivity index (χ1) is 8.78. The molecule has 0 radical (unpaired) electrons. The van der Waals surface area contributed by atoms with Crippen molar-refractivity contribution in [2.75, 3.05) is 0 Å². The summed E-state index contributed by atoms with van der Waals surface area (Å²) in [6.45, 7) is 3.36. The van der Waals surface area contributed by atoms with Crippen LogP contribution >= 0.6 is 0 Å². The number of nitrogens with zero attached hydrogens (tertiary/aromatic N) is 5. The molecule has 0 saturated heterocycles. The van der Waals surface area contributed by atoms with Crippen LogP contribution in [0.5, 0.6) is 0 Å². The molecule has 0 amide bonds. The van der Waals surface area contributed by atoms with Crippen molar-refractivity contribution in [3.05, 3.63) is 18.1 Å². The molecule has 19 heavy (non-hydrogen) atoms. The molecule has 0 unspecified atom stereocenters. The van der Waals surface area contributed by atoms with Gasteiger partial charge in [-0.3, -0.25) is 4.68 Å². The van der Waals surface area contributed by atoms with Gasteiger partial charge in [0.25, 0.3) is 0 Å². The van der Waals surface area contributed by atoms with Crippen LogP contribution in [0.3, 0.4) is 0 Å². The van der Waals surface area contributed by atoms with E-state index >= 15 is 0 Å². The number of carboxylic acids is 1. The fourth-order valence-corrected chi connectivity index (χ4v) is 1.76. The number of aliphatic hydroxyl groups is 1. The number of carboxylic acid groups (broad SMARTS) is 1. The summed E-state index contributed by atoms with van der Waals surface area (Å²) < 4.78 is 2.93. The molecule has 102 valence electrons. The maximum absolute atomic E-state index is 11.2. The standard InChI is InChI=1S/C11H15N5O3/c1-11(2,19)6-16-9(7-4-12-15(3)5-7)8(10(17)18)13-14-16/h4-5,19H,6H2,1-3H3,(H,17,18). The molecule has 0 atom stereocenters. The van der Waals surface area contributed by atoms with Gasteiger partial charge in [-0.15, -0.1) is 5.10 Å². The molecular formula is C11H15N5O3. The van der Waals surface area contributed by atoms with E-state index in [0.29, 0.717) is 11.3 Å². The van der Waals surface area contributed by atoms with Gasteiger partial charge in [0.15, 0.2) is 5.69 Å². The van der Waals surface area contributed by atoms with Gasteiger partial charge in [0.2, 0.25) is 0 Å². The summed E-state index contributed by atoms with van der Waals surface area (Å²) in [6, 6.07) is 0. The Balaban J connectivity index is 2.54. The van der Waals surface area contributed by atoms with Gasteiger partial charge >= 0.3 is 5.97 Å². The van der Waals surface area contributed by atoms with Crippen LogP contribution in [0.1, 0.15) is 24.3 Å². The van der Waals surface area contributed by atoms with Crippen molar-refractivity contribution in [2.24, 2.45) is 7.05 Å². The minimum atomic E-state index is -1.17. The average Bonchev–Trinajstić information content (AvgIpc) is 2.82. The number of aromatic nitrogens is 5. The maximum atomic E-state index is 11.2. The highest BCUT2D eigenvalue weighted by Gasteiger charge is 2.24. The van der Waals surface area contributed by atoms with Crippen LogP contribution in [0.15, 0.2) is 12.4 Å². The zero-order valence-electron chi connectivity index (χ0n) is 10.9. The fraction of sp³-hybridized carbons (Fsp3) is 0.455. The molecule has 2 N–H and O–H groups in total. The van der Waals surface area contributed by atoms with Crippen molar-refractivity contribution in [1.29, 1.82) is 0 Å². The SMILES string of the molecule is Cn1cc(-c2c(C(=O)O)nnn2CC(C)(C)O)cn1. The molecule has 0 aliphatic heterocycles. The Hall–Kier alpha value is -2.22. The Morgan fingerprint density at radius 1 is 1.47 bits per heavy atom. The highest BCUT2D eigenvalue weighted by molar-refractivity contribution is 5.92. The highest BCUT2D eigenvalue weighted by Crippen LogP contribution is 2.23. The van der Waals surface area contributed by atoms with Crippen molar-refractivity contribution in [3.8, 4) is 11.3 Å². The quantitative estimate of drug-likeness (QED) is 0.815. The molecule has 0 spiro atoms. The fourth-order valence-electron chi connectivity index (χ4n) is 1.76. The molecule has 0 saturated carbocycles. The van der Waals surface area contributed by atoms with E-state index in [2.05, 4.69) is 15.4 Å². The number of aryl methyl sites for hydroxylation is 1. The number of hydrogen-bond donors (Lipinski definition) is 2. The molecular weight excluding hydrogens is 250 g/mol. The smallest absolute Gasteiger partial charge is 0.358 e. The molecule has 0 fully saturated rings. The third-order valence-electron chi connectivity index (χ3n) is 2.45. The number of rotatable bonds is 4. The van der Waals surface area contributed by atoms with Crippen molar-refractivity contribution < 1.29 is 15.0 Å². The summed E-state index contributed by atoms with van der Waals surface area (Å²) in [4.78, 5) is 11.2. The second kappa shape index (κ2) is 4.47. The lowest BCUT2D eigenvalue weighted by molar-refractivity contribution is 0.0575. The van der Waals surface area contributed by atoms with Gasteiger partial charge in [-0.1, -0.05) is 5.21 Å². The second-order valence-corrected chi connectivity index (χ2v) is 4.96. The van der Waals surface area contributed by atoms with Crippen LogP contribution in [0, 0.1) is 0 Å². The van der Waals surface area contributed by atoms with Gasteiger partial charge in [-0.2, -0.15) is 5.10 Å². The minimum absolute atomic E-state index is 0.136. The molecule has 0 bridgehead atoms. The van der Waals surface area contributed by atoms with Gasteiger partial charge in [0.05, 0.1) is 18.3 Å². The Labute approximate surface area is 109 Å². The summed E-state index contributed by atoms with van der Waals surface area (Å²) in [5.74, 6) is -1.17. The van der Waals surface area contributed by atoms with E-state index in [1.54, 1.807) is 31.8 Å². The molecule has 8 heteroatoms. The molecule has 2 heterocycles. The van der Waals surface area contributed by atoms with Crippen LogP contribution < -0.4 is 0 Å². The van der Waals surface area contributed by atoms with Crippen molar-refractivity contribution in [2.45, 2.75) is 26.0 Å². The summed E-state index contributed by atoms with van der Waals surface area (Å²) in [6.07, 6.45) is 3.21. The van der Waals surface area contributed by atoms with Gasteiger partial charge < -0.3 is 10.2 Å². The van der Waals surface area contributed by atoms with Gasteiger partial charge in [0, 0.05) is 18.8 Å². The first-order valence-corrected chi connectivity index (χ1v) is 5.66. The minimum Gasteiger partial charge on any atom is -0.476 e. The van der Waals surface area contributed by atoms with E-state index in [1.165, 1.54) is 10.9 Å². The predicted molar refractivity (Wildman–Crippen MR) is 65.5 cm³/mol. The molecule has 8 nitrogen and oxygen atoms in total. The zero-order chi connectivity index (χ0) is 14.2. The lowest BCUT2D eigenvalue weighted by Gasteiger charge is -2.17. The van der Waals surface area contributed by atoms with Crippen LogP contribution in [-0.2, 0) is 13.6 Å².